The fourth-order valence-corrected chi connectivity index (χ4v) is 4.56. The second-order valence-electron chi connectivity index (χ2n) is 5.85. The number of H-pyrrole nitrogens is 1. The van der Waals surface area contributed by atoms with E-state index in [4.69, 9.17) is 11.6 Å². The average molecular weight is 407 g/mol. The summed E-state index contributed by atoms with van der Waals surface area (Å²) in [5.74, 6) is 0. The molecule has 0 aliphatic heterocycles. The van der Waals surface area contributed by atoms with Crippen molar-refractivity contribution in [1.82, 2.24) is 19.3 Å². The van der Waals surface area contributed by atoms with Crippen LogP contribution in [0.4, 0.5) is 0 Å². The number of sulfone groups is 1. The summed E-state index contributed by atoms with van der Waals surface area (Å²) in [6, 6.07) is 6.83. The minimum absolute atomic E-state index is 0.0636. The minimum Gasteiger partial charge on any atom is -0.421 e. The molecule has 4 aromatic rings. The number of nitrogens with zero attached hydrogens (tertiary/aromatic N) is 3. The summed E-state index contributed by atoms with van der Waals surface area (Å²) in [4.78, 5) is 29.9. The molecular weight excluding hydrogens is 396 g/mol. The van der Waals surface area contributed by atoms with Crippen molar-refractivity contribution < 1.29 is 13.6 Å². The van der Waals surface area contributed by atoms with Gasteiger partial charge in [-0.2, -0.15) is 0 Å². The average Bonchev–Trinajstić information content (AvgIpc) is 3.00. The highest BCUT2D eigenvalue weighted by Crippen LogP contribution is 2.30. The highest BCUT2D eigenvalue weighted by molar-refractivity contribution is 7.91. The number of benzene rings is 2. The molecule has 0 saturated heterocycles. The third kappa shape index (κ3) is 2.45. The van der Waals surface area contributed by atoms with E-state index in [1.54, 1.807) is 24.0 Å². The lowest BCUT2D eigenvalue weighted by atomic mass is 10.2. The van der Waals surface area contributed by atoms with Crippen LogP contribution in [0, 0.1) is 0 Å². The first-order chi connectivity index (χ1) is 12.7. The molecule has 2 N–H and O–H groups in total. The summed E-state index contributed by atoms with van der Waals surface area (Å²) in [5, 5.41) is 9.09. The Morgan fingerprint density at radius 3 is 2.67 bits per heavy atom. The Bertz CT molecular complexity index is 1470. The summed E-state index contributed by atoms with van der Waals surface area (Å²) >= 11 is 5.98. The molecule has 11 heteroatoms. The van der Waals surface area contributed by atoms with Crippen molar-refractivity contribution in [3.8, 4) is 0 Å². The molecule has 0 fully saturated rings. The van der Waals surface area contributed by atoms with Gasteiger partial charge >= 0.3 is 5.69 Å². The fourth-order valence-electron chi connectivity index (χ4n) is 2.88. The van der Waals surface area contributed by atoms with E-state index in [-0.39, 0.29) is 30.4 Å². The number of rotatable bonds is 2. The topological polar surface area (TPSA) is 127 Å². The molecule has 0 radical (unpaired) electrons. The number of hydrogen-bond donors (Lipinski definition) is 2. The smallest absolute Gasteiger partial charge is 0.362 e. The molecule has 4 rings (SSSR count). The Balaban J connectivity index is 2.07. The Morgan fingerprint density at radius 2 is 1.93 bits per heavy atom. The van der Waals surface area contributed by atoms with Crippen LogP contribution in [0.15, 0.2) is 56.0 Å². The van der Waals surface area contributed by atoms with Gasteiger partial charge in [-0.05, 0) is 30.3 Å². The highest BCUT2D eigenvalue weighted by Gasteiger charge is 2.24. The zero-order valence-corrected chi connectivity index (χ0v) is 15.2. The van der Waals surface area contributed by atoms with Gasteiger partial charge in [-0.3, -0.25) is 4.79 Å². The van der Waals surface area contributed by atoms with Gasteiger partial charge in [0.15, 0.2) is 0 Å². The van der Waals surface area contributed by atoms with Gasteiger partial charge in [0.1, 0.15) is 0 Å². The third-order valence-corrected chi connectivity index (χ3v) is 6.35. The largest absolute Gasteiger partial charge is 0.421 e. The lowest BCUT2D eigenvalue weighted by Crippen LogP contribution is -2.33. The summed E-state index contributed by atoms with van der Waals surface area (Å²) in [7, 11) is -2.34. The van der Waals surface area contributed by atoms with Crippen LogP contribution in [0.2, 0.25) is 5.02 Å². The second-order valence-corrected chi connectivity index (χ2v) is 8.18. The summed E-state index contributed by atoms with van der Waals surface area (Å²) in [6.45, 7) is 0. The van der Waals surface area contributed by atoms with Gasteiger partial charge in [0.05, 0.1) is 43.1 Å². The van der Waals surface area contributed by atoms with Gasteiger partial charge in [-0.1, -0.05) is 16.3 Å². The van der Waals surface area contributed by atoms with Gasteiger partial charge in [0.25, 0.3) is 5.56 Å². The van der Waals surface area contributed by atoms with Crippen molar-refractivity contribution in [3.63, 3.8) is 0 Å². The van der Waals surface area contributed by atoms with Crippen LogP contribution >= 0.6 is 11.6 Å². The monoisotopic (exact) mass is 406 g/mol. The predicted molar refractivity (Wildman–Crippen MR) is 97.2 cm³/mol. The van der Waals surface area contributed by atoms with Crippen LogP contribution in [-0.2, 0) is 16.9 Å². The number of nitrogens with one attached hydrogen (secondary N) is 1. The maximum Gasteiger partial charge on any atom is 0.362 e. The molecule has 2 heterocycles. The van der Waals surface area contributed by atoms with Crippen molar-refractivity contribution >= 4 is 43.4 Å². The lowest BCUT2D eigenvalue weighted by molar-refractivity contribution is 0.162. The molecule has 27 heavy (non-hydrogen) atoms. The minimum atomic E-state index is -4.12. The second kappa shape index (κ2) is 5.69. The van der Waals surface area contributed by atoms with Gasteiger partial charge in [0.2, 0.25) is 9.84 Å². The molecule has 0 atom stereocenters. The fraction of sp³-hybridized carbons (Fsp3) is 0.0625. The predicted octanol–water partition coefficient (Wildman–Crippen LogP) is 1.30. The van der Waals surface area contributed by atoms with Crippen LogP contribution < -0.4 is 11.2 Å². The number of hydrogen-bond acceptors (Lipinski definition) is 6. The normalized spacial score (nSPS) is 12.1. The molecule has 2 aromatic carbocycles. The molecule has 0 saturated carbocycles. The number of aromatic nitrogens is 4. The molecule has 0 spiro atoms. The van der Waals surface area contributed by atoms with E-state index < -0.39 is 21.1 Å². The number of imidazole rings is 1. The molecule has 0 aliphatic carbocycles. The van der Waals surface area contributed by atoms with Crippen molar-refractivity contribution in [2.24, 2.45) is 7.05 Å². The first kappa shape index (κ1) is 17.3. The number of halogens is 1. The van der Waals surface area contributed by atoms with E-state index in [9.17, 15) is 23.2 Å². The maximum absolute atomic E-state index is 13.1. The quantitative estimate of drug-likeness (QED) is 0.483. The molecule has 2 aromatic heterocycles. The Labute approximate surface area is 156 Å². The first-order valence-electron chi connectivity index (χ1n) is 7.55. The number of fused-ring (bicyclic) bond motifs is 2. The molecule has 138 valence electrons. The van der Waals surface area contributed by atoms with Crippen LogP contribution in [0.25, 0.3) is 21.9 Å². The molecule has 0 amide bonds. The number of aryl methyl sites for hydroxylation is 1. The Kier molecular flexibility index (Phi) is 3.65. The Morgan fingerprint density at radius 1 is 1.19 bits per heavy atom. The van der Waals surface area contributed by atoms with E-state index in [2.05, 4.69) is 9.97 Å². The van der Waals surface area contributed by atoms with Crippen LogP contribution in [-0.4, -0.2) is 32.9 Å². The van der Waals surface area contributed by atoms with Crippen LogP contribution in [0.1, 0.15) is 0 Å². The summed E-state index contributed by atoms with van der Waals surface area (Å²) in [5.41, 5.74) is -1.35. The highest BCUT2D eigenvalue weighted by atomic mass is 35.5. The van der Waals surface area contributed by atoms with Gasteiger partial charge < -0.3 is 14.8 Å². The molecule has 0 unspecified atom stereocenters. The summed E-state index contributed by atoms with van der Waals surface area (Å²) in [6.07, 6.45) is 1.56. The maximum atomic E-state index is 13.1. The molecular formula is C16H11ClN4O5S. The van der Waals surface area contributed by atoms with Gasteiger partial charge in [-0.25, -0.2) is 18.2 Å². The number of aromatic amines is 1. The van der Waals surface area contributed by atoms with Gasteiger partial charge in [0, 0.05) is 7.05 Å². The van der Waals surface area contributed by atoms with Gasteiger partial charge in [-0.15, -0.1) is 0 Å². The zero-order valence-electron chi connectivity index (χ0n) is 13.7. The summed E-state index contributed by atoms with van der Waals surface area (Å²) < 4.78 is 27.9. The van der Waals surface area contributed by atoms with Crippen molar-refractivity contribution in [2.75, 3.05) is 0 Å². The Hall–Kier alpha value is -3.11. The van der Waals surface area contributed by atoms with Crippen molar-refractivity contribution in [2.45, 2.75) is 9.79 Å². The molecule has 0 bridgehead atoms. The van der Waals surface area contributed by atoms with E-state index >= 15 is 0 Å². The first-order valence-corrected chi connectivity index (χ1v) is 9.41. The zero-order chi connectivity index (χ0) is 19.5. The SMILES string of the molecule is Cn1cnc2cc(S(=O)(=O)c3ccc(Cl)c4c(=O)n(O)c(=O)[nH]c34)ccc21. The van der Waals surface area contributed by atoms with Crippen molar-refractivity contribution in [1.29, 1.82) is 0 Å². The van der Waals surface area contributed by atoms with Crippen LogP contribution in [0.3, 0.4) is 0 Å². The standard InChI is InChI=1S/C16H11ClN4O5S/c1-20-7-18-10-6-8(2-4-11(10)20)27(25,26)12-5-3-9(17)13-14(12)19-16(23)21(24)15(13)22/h2-7,24H,1H3,(H,19,23). The van der Waals surface area contributed by atoms with E-state index in [0.717, 1.165) is 5.52 Å². The van der Waals surface area contributed by atoms with Crippen LogP contribution in [0.5, 0.6) is 0 Å². The van der Waals surface area contributed by atoms with E-state index in [1.165, 1.54) is 24.3 Å². The molecule has 0 aliphatic rings. The van der Waals surface area contributed by atoms with E-state index in [0.29, 0.717) is 5.52 Å². The molecule has 9 nitrogen and oxygen atoms in total. The van der Waals surface area contributed by atoms with Crippen molar-refractivity contribution in [3.05, 3.63) is 62.5 Å². The third-order valence-electron chi connectivity index (χ3n) is 4.24. The van der Waals surface area contributed by atoms with E-state index in [1.807, 2.05) is 0 Å². The lowest BCUT2D eigenvalue weighted by Gasteiger charge is -2.10.